The minimum absolute atomic E-state index is 0.0408. The molecule has 4 N–H and O–H groups in total. The van der Waals surface area contributed by atoms with Crippen molar-refractivity contribution in [1.29, 1.82) is 0 Å². The normalized spacial score (nSPS) is 15.4. The molecule has 1 aromatic heterocycles. The first kappa shape index (κ1) is 31.7. The van der Waals surface area contributed by atoms with Crippen LogP contribution in [0.4, 0.5) is 5.82 Å². The van der Waals surface area contributed by atoms with E-state index in [1.54, 1.807) is 38.0 Å². The number of hydrogen-bond donors (Lipinski definition) is 3. The smallest absolute Gasteiger partial charge is 0.253 e. The molecule has 10 nitrogen and oxygen atoms in total. The van der Waals surface area contributed by atoms with Crippen LogP contribution in [0.3, 0.4) is 0 Å². The molecule has 4 rings (SSSR count). The van der Waals surface area contributed by atoms with Gasteiger partial charge in [-0.2, -0.15) is 0 Å². The fourth-order valence-corrected chi connectivity index (χ4v) is 5.45. The van der Waals surface area contributed by atoms with Crippen LogP contribution in [-0.4, -0.2) is 64.0 Å². The number of imidazole rings is 1. The summed E-state index contributed by atoms with van der Waals surface area (Å²) in [6, 6.07) is 16.6. The van der Waals surface area contributed by atoms with Gasteiger partial charge in [-0.1, -0.05) is 42.5 Å². The topological polar surface area (TPSA) is 132 Å². The third-order valence-electron chi connectivity index (χ3n) is 7.88. The Hall–Kier alpha value is -4.18. The summed E-state index contributed by atoms with van der Waals surface area (Å²) in [5.74, 6) is 0.276. The Bertz CT molecular complexity index is 1380. The second-order valence-electron chi connectivity index (χ2n) is 12.1. The first-order chi connectivity index (χ1) is 20.5. The molecule has 0 saturated carbocycles. The number of aromatic nitrogens is 2. The lowest BCUT2D eigenvalue weighted by Gasteiger charge is -2.34. The number of ether oxygens (including phenoxy) is 1. The van der Waals surface area contributed by atoms with E-state index in [1.165, 1.54) is 0 Å². The van der Waals surface area contributed by atoms with Gasteiger partial charge in [-0.25, -0.2) is 4.98 Å². The van der Waals surface area contributed by atoms with Gasteiger partial charge < -0.3 is 30.6 Å². The summed E-state index contributed by atoms with van der Waals surface area (Å²) in [4.78, 5) is 46.5. The van der Waals surface area contributed by atoms with Crippen LogP contribution in [0, 0.1) is 0 Å². The van der Waals surface area contributed by atoms with Crippen LogP contribution in [0.15, 0.2) is 67.1 Å². The predicted molar refractivity (Wildman–Crippen MR) is 167 cm³/mol. The number of carbonyl (C=O) groups is 3. The highest BCUT2D eigenvalue weighted by Crippen LogP contribution is 2.32. The number of nitrogens with two attached hydrogens (primary N) is 1. The molecular weight excluding hydrogens is 544 g/mol. The summed E-state index contributed by atoms with van der Waals surface area (Å²) >= 11 is 0. The molecule has 0 bridgehead atoms. The molecule has 43 heavy (non-hydrogen) atoms. The third-order valence-corrected chi connectivity index (χ3v) is 7.88. The molecule has 1 fully saturated rings. The number of amides is 3. The van der Waals surface area contributed by atoms with Crippen molar-refractivity contribution in [3.63, 3.8) is 0 Å². The molecule has 2 heterocycles. The number of nitrogens with one attached hydrogen (secondary N) is 2. The summed E-state index contributed by atoms with van der Waals surface area (Å²) in [6.07, 6.45) is 7.16. The Kier molecular flexibility index (Phi) is 10.2. The highest BCUT2D eigenvalue weighted by molar-refractivity contribution is 5.96. The zero-order chi connectivity index (χ0) is 31.0. The Morgan fingerprint density at radius 3 is 2.33 bits per heavy atom. The standard InChI is InChI=1S/C33H44N6O4/c1-32(2,34)21-29(40)36-27(14-10-13-24-11-6-5-7-12-24)30(41)37-28-22-39(23-35-28)33(3,31(42)38-19-8-9-20-38)25-15-17-26(43-4)18-16-25/h5-7,11-12,15-18,22-23,27H,8-10,13-14,19-21,34H2,1-4H3,(H,36,40)(H,37,41). The van der Waals surface area contributed by atoms with Crippen molar-refractivity contribution in [1.82, 2.24) is 19.8 Å². The van der Waals surface area contributed by atoms with E-state index in [9.17, 15) is 14.4 Å². The number of aryl methyl sites for hydroxylation is 1. The maximum Gasteiger partial charge on any atom is 0.253 e. The van der Waals surface area contributed by atoms with Crippen molar-refractivity contribution in [2.24, 2.45) is 5.73 Å². The molecule has 0 radical (unpaired) electrons. The number of methoxy groups -OCH3 is 1. The Labute approximate surface area is 254 Å². The Balaban J connectivity index is 1.54. The van der Waals surface area contributed by atoms with Crippen molar-refractivity contribution in [3.05, 3.63) is 78.2 Å². The van der Waals surface area contributed by atoms with Crippen LogP contribution in [0.1, 0.15) is 64.0 Å². The molecular formula is C33H44N6O4. The van der Waals surface area contributed by atoms with Crippen molar-refractivity contribution in [2.45, 2.75) is 76.4 Å². The van der Waals surface area contributed by atoms with E-state index in [0.717, 1.165) is 30.4 Å². The Morgan fingerprint density at radius 2 is 1.70 bits per heavy atom. The zero-order valence-electron chi connectivity index (χ0n) is 25.6. The average Bonchev–Trinajstić information content (AvgIpc) is 3.69. The molecule has 10 heteroatoms. The molecule has 0 spiro atoms. The number of hydrogen-bond acceptors (Lipinski definition) is 6. The molecule has 1 aliphatic heterocycles. The van der Waals surface area contributed by atoms with Crippen LogP contribution >= 0.6 is 0 Å². The zero-order valence-corrected chi connectivity index (χ0v) is 25.6. The van der Waals surface area contributed by atoms with E-state index >= 15 is 0 Å². The first-order valence-electron chi connectivity index (χ1n) is 14.9. The second kappa shape index (κ2) is 13.9. The van der Waals surface area contributed by atoms with E-state index in [4.69, 9.17) is 10.5 Å². The summed E-state index contributed by atoms with van der Waals surface area (Å²) in [6.45, 7) is 6.81. The fraction of sp³-hybridized carbons (Fsp3) is 0.455. The first-order valence-corrected chi connectivity index (χ1v) is 14.9. The van der Waals surface area contributed by atoms with E-state index < -0.39 is 17.1 Å². The quantitative estimate of drug-likeness (QED) is 0.278. The van der Waals surface area contributed by atoms with Crippen LogP contribution < -0.4 is 21.1 Å². The summed E-state index contributed by atoms with van der Waals surface area (Å²) in [7, 11) is 1.60. The summed E-state index contributed by atoms with van der Waals surface area (Å²) in [5.41, 5.74) is 6.19. The lowest BCUT2D eigenvalue weighted by atomic mass is 9.90. The molecule has 2 unspecified atom stereocenters. The van der Waals surface area contributed by atoms with Gasteiger partial charge >= 0.3 is 0 Å². The van der Waals surface area contributed by atoms with Crippen LogP contribution in [0.2, 0.25) is 0 Å². The lowest BCUT2D eigenvalue weighted by molar-refractivity contribution is -0.137. The highest BCUT2D eigenvalue weighted by atomic mass is 16.5. The van der Waals surface area contributed by atoms with Gasteiger partial charge in [-0.05, 0) is 76.1 Å². The molecule has 2 atom stereocenters. The molecule has 2 aromatic carbocycles. The minimum Gasteiger partial charge on any atom is -0.497 e. The van der Waals surface area contributed by atoms with E-state index in [1.807, 2.05) is 66.4 Å². The van der Waals surface area contributed by atoms with Crippen molar-refractivity contribution in [2.75, 3.05) is 25.5 Å². The monoisotopic (exact) mass is 588 g/mol. The molecule has 1 aliphatic rings. The highest BCUT2D eigenvalue weighted by Gasteiger charge is 2.41. The van der Waals surface area contributed by atoms with Crippen molar-refractivity contribution >= 4 is 23.5 Å². The molecule has 1 saturated heterocycles. The molecule has 230 valence electrons. The van der Waals surface area contributed by atoms with Crippen LogP contribution in [0.5, 0.6) is 5.75 Å². The van der Waals surface area contributed by atoms with Gasteiger partial charge in [0.2, 0.25) is 11.8 Å². The maximum atomic E-state index is 13.9. The second-order valence-corrected chi connectivity index (χ2v) is 12.1. The van der Waals surface area contributed by atoms with Gasteiger partial charge in [0.05, 0.1) is 13.4 Å². The number of nitrogens with zero attached hydrogens (tertiary/aromatic N) is 3. The average molecular weight is 589 g/mol. The molecule has 3 amide bonds. The molecule has 3 aromatic rings. The van der Waals surface area contributed by atoms with Crippen LogP contribution in [0.25, 0.3) is 0 Å². The molecule has 0 aliphatic carbocycles. The third kappa shape index (κ3) is 8.22. The summed E-state index contributed by atoms with van der Waals surface area (Å²) < 4.78 is 7.07. The number of rotatable bonds is 13. The van der Waals surface area contributed by atoms with Crippen molar-refractivity contribution < 1.29 is 19.1 Å². The van der Waals surface area contributed by atoms with Gasteiger partial charge in [0.1, 0.15) is 17.3 Å². The minimum atomic E-state index is -1.09. The van der Waals surface area contributed by atoms with Gasteiger partial charge in [-0.3, -0.25) is 14.4 Å². The van der Waals surface area contributed by atoms with Crippen LogP contribution in [-0.2, 0) is 26.3 Å². The predicted octanol–water partition coefficient (Wildman–Crippen LogP) is 3.85. The van der Waals surface area contributed by atoms with Crippen molar-refractivity contribution in [3.8, 4) is 5.75 Å². The number of carbonyl (C=O) groups excluding carboxylic acids is 3. The van der Waals surface area contributed by atoms with E-state index in [2.05, 4.69) is 15.6 Å². The van der Waals surface area contributed by atoms with E-state index in [-0.39, 0.29) is 24.1 Å². The fourth-order valence-electron chi connectivity index (χ4n) is 5.45. The number of likely N-dealkylation sites (tertiary alicyclic amines) is 1. The maximum absolute atomic E-state index is 13.9. The van der Waals surface area contributed by atoms with E-state index in [0.29, 0.717) is 37.5 Å². The van der Waals surface area contributed by atoms with Gasteiger partial charge in [0, 0.05) is 31.2 Å². The van der Waals surface area contributed by atoms with Gasteiger partial charge in [0.25, 0.3) is 5.91 Å². The lowest BCUT2D eigenvalue weighted by Crippen LogP contribution is -2.48. The van der Waals surface area contributed by atoms with Gasteiger partial charge in [0.15, 0.2) is 5.82 Å². The number of benzene rings is 2. The SMILES string of the molecule is COc1ccc(C(C)(C(=O)N2CCCC2)n2cnc(NC(=O)C(CCCc3ccccc3)NC(=O)CC(C)(C)N)c2)cc1. The summed E-state index contributed by atoms with van der Waals surface area (Å²) in [5, 5.41) is 5.74. The Morgan fingerprint density at radius 1 is 1.02 bits per heavy atom. The number of anilines is 1. The largest absolute Gasteiger partial charge is 0.497 e. The van der Waals surface area contributed by atoms with Gasteiger partial charge in [-0.15, -0.1) is 0 Å².